The number of ether oxygens (including phenoxy) is 6. The number of allylic oxidation sites excluding steroid dienone is 4. The predicted octanol–water partition coefficient (Wildman–Crippen LogP) is 6.38. The summed E-state index contributed by atoms with van der Waals surface area (Å²) in [6, 6.07) is 0. The van der Waals surface area contributed by atoms with E-state index in [4.69, 9.17) is 28.4 Å². The lowest BCUT2D eigenvalue weighted by Gasteiger charge is -2.42. The number of carbonyl (C=O) groups is 2. The normalized spacial score (nSPS) is 26.8. The minimum absolute atomic E-state index is 0.133. The maximum Gasteiger partial charge on any atom is 0.306 e. The molecule has 0 aliphatic carbocycles. The molecule has 2 rings (SSSR count). The van der Waals surface area contributed by atoms with Crippen molar-refractivity contribution in [3.05, 3.63) is 24.3 Å². The van der Waals surface area contributed by atoms with Crippen LogP contribution in [0.3, 0.4) is 0 Å². The molecule has 15 heteroatoms. The highest BCUT2D eigenvalue weighted by Crippen LogP contribution is 2.26. The molecule has 2 aliphatic rings. The lowest BCUT2D eigenvalue weighted by Crippen LogP contribution is -2.61. The molecule has 64 heavy (non-hydrogen) atoms. The van der Waals surface area contributed by atoms with Gasteiger partial charge >= 0.3 is 11.9 Å². The zero-order chi connectivity index (χ0) is 46.8. The molecule has 2 saturated heterocycles. The molecule has 2 heterocycles. The lowest BCUT2D eigenvalue weighted by molar-refractivity contribution is -0.332. The summed E-state index contributed by atoms with van der Waals surface area (Å²) in [7, 11) is 0. The molecule has 2 aliphatic heterocycles. The number of hydrogen-bond acceptors (Lipinski definition) is 15. The number of aliphatic hydroxyl groups excluding tert-OH is 7. The molecule has 0 spiro atoms. The number of rotatable bonds is 38. The van der Waals surface area contributed by atoms with Crippen LogP contribution in [-0.2, 0) is 38.0 Å². The highest BCUT2D eigenvalue weighted by molar-refractivity contribution is 5.70. The summed E-state index contributed by atoms with van der Waals surface area (Å²) in [6.45, 7) is 2.52. The van der Waals surface area contributed by atoms with Crippen LogP contribution in [0.15, 0.2) is 24.3 Å². The summed E-state index contributed by atoms with van der Waals surface area (Å²) in [5.41, 5.74) is 0. The average Bonchev–Trinajstić information content (AvgIpc) is 3.29. The number of hydrogen-bond donors (Lipinski definition) is 7. The van der Waals surface area contributed by atoms with E-state index in [-0.39, 0.29) is 19.4 Å². The van der Waals surface area contributed by atoms with E-state index in [0.717, 1.165) is 38.5 Å². The number of unbranched alkanes of at least 4 members (excludes halogenated alkanes) is 20. The van der Waals surface area contributed by atoms with Gasteiger partial charge in [-0.2, -0.15) is 0 Å². The van der Waals surface area contributed by atoms with Crippen molar-refractivity contribution in [2.24, 2.45) is 0 Å². The van der Waals surface area contributed by atoms with Crippen LogP contribution >= 0.6 is 0 Å². The smallest absolute Gasteiger partial charge is 0.306 e. The van der Waals surface area contributed by atoms with Gasteiger partial charge in [0.15, 0.2) is 18.7 Å². The number of aliphatic hydroxyl groups is 7. The summed E-state index contributed by atoms with van der Waals surface area (Å²) in [6.07, 6.45) is 19.4. The molecule has 0 radical (unpaired) electrons. The van der Waals surface area contributed by atoms with Gasteiger partial charge in [0.1, 0.15) is 55.4 Å². The van der Waals surface area contributed by atoms with E-state index >= 15 is 0 Å². The largest absolute Gasteiger partial charge is 0.462 e. The first-order valence-electron chi connectivity index (χ1n) is 24.9. The number of esters is 2. The van der Waals surface area contributed by atoms with Crippen molar-refractivity contribution in [1.82, 2.24) is 0 Å². The van der Waals surface area contributed by atoms with Crippen LogP contribution in [0, 0.1) is 0 Å². The average molecular weight is 917 g/mol. The van der Waals surface area contributed by atoms with Crippen LogP contribution in [-0.4, -0.2) is 142 Å². The van der Waals surface area contributed by atoms with E-state index in [1.165, 1.54) is 103 Å². The van der Waals surface area contributed by atoms with Crippen LogP contribution in [0.2, 0.25) is 0 Å². The van der Waals surface area contributed by atoms with Crippen molar-refractivity contribution < 1.29 is 73.8 Å². The van der Waals surface area contributed by atoms with Gasteiger partial charge in [0.25, 0.3) is 0 Å². The Morgan fingerprint density at radius 2 is 0.922 bits per heavy atom. The Hall–Kier alpha value is -2.02. The maximum atomic E-state index is 12.9. The molecule has 7 N–H and O–H groups in total. The standard InChI is InChI=1S/C49H88O15/c1-3-5-7-9-11-13-15-17-18-20-21-23-25-27-29-31-40(51)59-34-37(62-41(52)32-30-28-26-24-22-19-16-14-12-10-8-6-4-2)35-60-48-47(58)45(56)43(54)39(64-48)36-61-49-46(57)44(55)42(53)38(33-50)63-49/h19,22,25,27,37-39,42-50,53-58H,3-18,20-21,23-24,26,28-36H2,1-2H3/b22-19+,27-25+/t37-,38-,39-,42+,43+,44?,45?,46?,47?,48-,49-/m1/s1. The van der Waals surface area contributed by atoms with E-state index in [9.17, 15) is 45.3 Å². The Labute approximate surface area is 383 Å². The molecule has 2 fully saturated rings. The zero-order valence-electron chi connectivity index (χ0n) is 39.3. The summed E-state index contributed by atoms with van der Waals surface area (Å²) < 4.78 is 33.5. The zero-order valence-corrected chi connectivity index (χ0v) is 39.3. The van der Waals surface area contributed by atoms with Gasteiger partial charge in [-0.1, -0.05) is 141 Å². The van der Waals surface area contributed by atoms with Gasteiger partial charge in [-0.25, -0.2) is 0 Å². The van der Waals surface area contributed by atoms with E-state index in [1.54, 1.807) is 0 Å². The van der Waals surface area contributed by atoms with Crippen LogP contribution in [0.1, 0.15) is 181 Å². The van der Waals surface area contributed by atoms with E-state index in [2.05, 4.69) is 32.1 Å². The second-order valence-corrected chi connectivity index (χ2v) is 17.6. The Balaban J connectivity index is 1.84. The summed E-state index contributed by atoms with van der Waals surface area (Å²) in [4.78, 5) is 25.7. The molecule has 0 saturated carbocycles. The topological polar surface area (TPSA) is 231 Å². The minimum atomic E-state index is -1.77. The second-order valence-electron chi connectivity index (χ2n) is 17.6. The predicted molar refractivity (Wildman–Crippen MR) is 243 cm³/mol. The van der Waals surface area contributed by atoms with Gasteiger partial charge in [-0.3, -0.25) is 9.59 Å². The third-order valence-electron chi connectivity index (χ3n) is 11.9. The summed E-state index contributed by atoms with van der Waals surface area (Å²) in [5, 5.41) is 72.0. The van der Waals surface area contributed by atoms with Crippen molar-refractivity contribution in [1.29, 1.82) is 0 Å². The molecule has 0 aromatic rings. The first-order chi connectivity index (χ1) is 31.0. The first-order valence-corrected chi connectivity index (χ1v) is 24.9. The molecule has 0 aromatic heterocycles. The van der Waals surface area contributed by atoms with Crippen LogP contribution in [0.25, 0.3) is 0 Å². The highest BCUT2D eigenvalue weighted by atomic mass is 16.7. The van der Waals surface area contributed by atoms with Crippen molar-refractivity contribution in [3.63, 3.8) is 0 Å². The highest BCUT2D eigenvalue weighted by Gasteiger charge is 2.47. The van der Waals surface area contributed by atoms with Crippen molar-refractivity contribution in [2.75, 3.05) is 26.4 Å². The molecule has 4 unspecified atom stereocenters. The van der Waals surface area contributed by atoms with Gasteiger partial charge in [-0.15, -0.1) is 0 Å². The van der Waals surface area contributed by atoms with Gasteiger partial charge in [-0.05, 0) is 51.4 Å². The quantitative estimate of drug-likeness (QED) is 0.0203. The Kier molecular flexibility index (Phi) is 33.6. The second kappa shape index (κ2) is 37.0. The molecule has 11 atom stereocenters. The molecule has 374 valence electrons. The molecule has 0 amide bonds. The molecule has 15 nitrogen and oxygen atoms in total. The maximum absolute atomic E-state index is 12.9. The van der Waals surface area contributed by atoms with Gasteiger partial charge in [0, 0.05) is 12.8 Å². The van der Waals surface area contributed by atoms with E-state index < -0.39 is 99.3 Å². The fraction of sp³-hybridized carbons (Fsp3) is 0.878. The van der Waals surface area contributed by atoms with Crippen molar-refractivity contribution >= 4 is 11.9 Å². The van der Waals surface area contributed by atoms with E-state index in [0.29, 0.717) is 12.8 Å². The van der Waals surface area contributed by atoms with Gasteiger partial charge in [0.2, 0.25) is 0 Å². The van der Waals surface area contributed by atoms with Crippen molar-refractivity contribution in [3.8, 4) is 0 Å². The fourth-order valence-electron chi connectivity index (χ4n) is 7.76. The SMILES string of the molecule is CCCCCCCC/C=C/CCCCCC(=O)O[C@H](COC(=O)CC/C=C/CCCCCCCCCCCCC)CO[C@@H]1O[C@H](CO[C@@H]2O[C@H](CO)[C@H](O)C(O)C2O)[C@H](O)C(O)C1O. The fourth-order valence-corrected chi connectivity index (χ4v) is 7.76. The molecular formula is C49H88O15. The first kappa shape index (κ1) is 58.1. The number of carbonyl (C=O) groups excluding carboxylic acids is 2. The van der Waals surface area contributed by atoms with Gasteiger partial charge < -0.3 is 64.2 Å². The van der Waals surface area contributed by atoms with E-state index in [1.807, 2.05) is 6.08 Å². The van der Waals surface area contributed by atoms with Crippen LogP contribution in [0.4, 0.5) is 0 Å². The Bertz CT molecular complexity index is 1220. The monoisotopic (exact) mass is 917 g/mol. The third-order valence-corrected chi connectivity index (χ3v) is 11.9. The van der Waals surface area contributed by atoms with Crippen LogP contribution in [0.5, 0.6) is 0 Å². The van der Waals surface area contributed by atoms with Crippen LogP contribution < -0.4 is 0 Å². The Morgan fingerprint density at radius 1 is 0.484 bits per heavy atom. The minimum Gasteiger partial charge on any atom is -0.462 e. The molecule has 0 bridgehead atoms. The lowest BCUT2D eigenvalue weighted by atomic mass is 9.98. The third kappa shape index (κ3) is 25.2. The Morgan fingerprint density at radius 3 is 1.44 bits per heavy atom. The summed E-state index contributed by atoms with van der Waals surface area (Å²) in [5.74, 6) is -0.997. The molecular weight excluding hydrogens is 829 g/mol. The summed E-state index contributed by atoms with van der Waals surface area (Å²) >= 11 is 0. The van der Waals surface area contributed by atoms with Gasteiger partial charge in [0.05, 0.1) is 19.8 Å². The van der Waals surface area contributed by atoms with Crippen molar-refractivity contribution in [2.45, 2.75) is 248 Å². The molecule has 0 aromatic carbocycles.